The predicted octanol–water partition coefficient (Wildman–Crippen LogP) is 8.15. The van der Waals surface area contributed by atoms with Crippen LogP contribution in [-0.2, 0) is 22.2 Å². The van der Waals surface area contributed by atoms with Crippen LogP contribution in [0.2, 0.25) is 0 Å². The lowest BCUT2D eigenvalue weighted by Gasteiger charge is -2.20. The second-order valence-corrected chi connectivity index (χ2v) is 16.4. The highest BCUT2D eigenvalue weighted by Crippen LogP contribution is 2.47. The van der Waals surface area contributed by atoms with Gasteiger partial charge < -0.3 is 28.7 Å². The summed E-state index contributed by atoms with van der Waals surface area (Å²) in [6.07, 6.45) is 6.87. The van der Waals surface area contributed by atoms with Gasteiger partial charge in [-0.1, -0.05) is 82.7 Å². The molecular weight excluding hydrogens is 648 g/mol. The largest absolute Gasteiger partial charge is 0.328 e. The average Bonchev–Trinajstić information content (AvgIpc) is 3.62. The first-order chi connectivity index (χ1) is 23.0. The second kappa shape index (κ2) is 16.0. The molecule has 0 radical (unpaired) electrons. The Morgan fingerprint density at radius 3 is 1.38 bits per heavy atom. The molecule has 2 unspecified atom stereocenters. The smallest absolute Gasteiger partial charge is 0.324 e. The summed E-state index contributed by atoms with van der Waals surface area (Å²) in [4.78, 5) is 55.5. The molecule has 0 saturated heterocycles. The Balaban J connectivity index is 1.50. The standard InChI is InChI=1S/C35H47N5O6P2/c1-3-5-7-14-26(47(41,42)43)22-24-39-32-20-11-9-16-28(32)37-34(39)30-18-13-19-31(36-30)35-38-29-17-10-12-21-33(29)40(35)25-23-27(48(44,45)46)15-8-6-4-2/h9-13,16-21,26-27H,3-8,14-15,22-25H2,1-2H3,(H2,41,42,43)(H2,44,45,46). The molecule has 4 N–H and O–H groups in total. The molecule has 5 aromatic rings. The Kier molecular flexibility index (Phi) is 12.1. The highest BCUT2D eigenvalue weighted by atomic mass is 31.2. The first-order valence-electron chi connectivity index (χ1n) is 17.0. The van der Waals surface area contributed by atoms with Gasteiger partial charge in [0.05, 0.1) is 33.4 Å². The summed E-state index contributed by atoms with van der Waals surface area (Å²) in [5.74, 6) is 1.19. The lowest BCUT2D eigenvalue weighted by atomic mass is 10.1. The molecular formula is C35H47N5O6P2. The van der Waals surface area contributed by atoms with Crippen molar-refractivity contribution in [3.63, 3.8) is 0 Å². The van der Waals surface area contributed by atoms with E-state index in [1.54, 1.807) is 0 Å². The summed E-state index contributed by atoms with van der Waals surface area (Å²) in [5.41, 5.74) is 2.94. The zero-order valence-electron chi connectivity index (χ0n) is 27.7. The molecule has 11 nitrogen and oxygen atoms in total. The summed E-state index contributed by atoms with van der Waals surface area (Å²) in [7, 11) is -8.58. The van der Waals surface area contributed by atoms with Crippen molar-refractivity contribution in [1.82, 2.24) is 24.1 Å². The SMILES string of the molecule is CCCCCC(CCn1c(-c2cccc(-c3nc4ccccc4n3CCC(CCCCC)P(=O)(O)O)n2)nc2ccccc21)P(=O)(O)O. The van der Waals surface area contributed by atoms with Crippen LogP contribution in [0, 0.1) is 0 Å². The number of aryl methyl sites for hydroxylation is 2. The van der Waals surface area contributed by atoms with Gasteiger partial charge in [0, 0.05) is 13.1 Å². The number of para-hydroxylation sites is 4. The van der Waals surface area contributed by atoms with Gasteiger partial charge in [0.25, 0.3) is 0 Å². The zero-order chi connectivity index (χ0) is 34.3. The second-order valence-electron chi connectivity index (χ2n) is 12.6. The van der Waals surface area contributed by atoms with Crippen molar-refractivity contribution in [2.45, 2.75) is 102 Å². The highest BCUT2D eigenvalue weighted by Gasteiger charge is 2.30. The average molecular weight is 696 g/mol. The number of imidazole rings is 2. The van der Waals surface area contributed by atoms with E-state index in [9.17, 15) is 28.7 Å². The molecule has 48 heavy (non-hydrogen) atoms. The van der Waals surface area contributed by atoms with E-state index >= 15 is 0 Å². The molecule has 13 heteroatoms. The topological polar surface area (TPSA) is 164 Å². The normalized spacial score (nSPS) is 13.8. The van der Waals surface area contributed by atoms with Gasteiger partial charge in [-0.15, -0.1) is 0 Å². The fourth-order valence-corrected chi connectivity index (χ4v) is 8.40. The maximum absolute atomic E-state index is 12.4. The first-order valence-corrected chi connectivity index (χ1v) is 20.4. The minimum absolute atomic E-state index is 0.301. The van der Waals surface area contributed by atoms with Crippen LogP contribution >= 0.6 is 15.2 Å². The molecule has 0 amide bonds. The molecule has 2 aromatic carbocycles. The van der Waals surface area contributed by atoms with Gasteiger partial charge in [-0.2, -0.15) is 0 Å². The Morgan fingerprint density at radius 2 is 0.979 bits per heavy atom. The molecule has 0 aliphatic rings. The molecule has 3 aromatic heterocycles. The zero-order valence-corrected chi connectivity index (χ0v) is 29.5. The van der Waals surface area contributed by atoms with Crippen molar-refractivity contribution in [3.05, 3.63) is 66.7 Å². The highest BCUT2D eigenvalue weighted by molar-refractivity contribution is 7.52. The van der Waals surface area contributed by atoms with E-state index in [-0.39, 0.29) is 0 Å². The lowest BCUT2D eigenvalue weighted by Crippen LogP contribution is -2.14. The Labute approximate surface area is 281 Å². The van der Waals surface area contributed by atoms with Crippen molar-refractivity contribution in [2.24, 2.45) is 0 Å². The number of pyridine rings is 1. The number of unbranched alkanes of at least 4 members (excludes halogenated alkanes) is 4. The van der Waals surface area contributed by atoms with E-state index in [1.165, 1.54) is 0 Å². The van der Waals surface area contributed by atoms with Crippen LogP contribution in [0.4, 0.5) is 0 Å². The molecule has 5 rings (SSSR count). The van der Waals surface area contributed by atoms with E-state index < -0.39 is 26.5 Å². The third-order valence-corrected chi connectivity index (χ3v) is 12.1. The number of fused-ring (bicyclic) bond motifs is 2. The van der Waals surface area contributed by atoms with Gasteiger partial charge in [-0.3, -0.25) is 9.13 Å². The van der Waals surface area contributed by atoms with Crippen LogP contribution in [0.15, 0.2) is 66.7 Å². The third-order valence-electron chi connectivity index (χ3n) is 9.12. The molecule has 0 bridgehead atoms. The summed E-state index contributed by atoms with van der Waals surface area (Å²) >= 11 is 0. The van der Waals surface area contributed by atoms with Gasteiger partial charge >= 0.3 is 15.2 Å². The quantitative estimate of drug-likeness (QED) is 0.0523. The van der Waals surface area contributed by atoms with Crippen molar-refractivity contribution >= 4 is 37.3 Å². The summed E-state index contributed by atoms with van der Waals surface area (Å²) in [6.45, 7) is 4.87. The van der Waals surface area contributed by atoms with E-state index in [1.807, 2.05) is 75.9 Å². The first kappa shape index (κ1) is 36.1. The van der Waals surface area contributed by atoms with Crippen molar-refractivity contribution < 1.29 is 28.7 Å². The fraction of sp³-hybridized carbons (Fsp3) is 0.457. The van der Waals surface area contributed by atoms with Gasteiger partial charge in [0.1, 0.15) is 11.4 Å². The lowest BCUT2D eigenvalue weighted by molar-refractivity contribution is 0.343. The molecule has 0 fully saturated rings. The van der Waals surface area contributed by atoms with Crippen LogP contribution in [0.3, 0.4) is 0 Å². The number of hydrogen-bond donors (Lipinski definition) is 4. The van der Waals surface area contributed by atoms with Crippen LogP contribution in [0.25, 0.3) is 45.1 Å². The third kappa shape index (κ3) is 8.70. The van der Waals surface area contributed by atoms with Crippen molar-refractivity contribution in [3.8, 4) is 23.0 Å². The molecule has 258 valence electrons. The Morgan fingerprint density at radius 1 is 0.562 bits per heavy atom. The Bertz CT molecular complexity index is 1780. The monoisotopic (exact) mass is 695 g/mol. The van der Waals surface area contributed by atoms with Crippen molar-refractivity contribution in [2.75, 3.05) is 0 Å². The van der Waals surface area contributed by atoms with Crippen LogP contribution in [-0.4, -0.2) is 55.0 Å². The van der Waals surface area contributed by atoms with Crippen LogP contribution in [0.1, 0.15) is 78.1 Å². The number of rotatable bonds is 18. The summed E-state index contributed by atoms with van der Waals surface area (Å²) in [6, 6.07) is 21.0. The van der Waals surface area contributed by atoms with E-state index in [0.29, 0.717) is 61.8 Å². The molecule has 0 aliphatic carbocycles. The number of benzene rings is 2. The minimum atomic E-state index is -4.29. The van der Waals surface area contributed by atoms with Crippen molar-refractivity contribution in [1.29, 1.82) is 0 Å². The van der Waals surface area contributed by atoms with Gasteiger partial charge in [-0.25, -0.2) is 15.0 Å². The maximum atomic E-state index is 12.4. The Hall–Kier alpha value is -3.17. The summed E-state index contributed by atoms with van der Waals surface area (Å²) < 4.78 is 28.9. The van der Waals surface area contributed by atoms with Gasteiger partial charge in [0.2, 0.25) is 0 Å². The number of aromatic nitrogens is 5. The van der Waals surface area contributed by atoms with E-state index in [0.717, 1.165) is 60.6 Å². The van der Waals surface area contributed by atoms with Gasteiger partial charge in [0.15, 0.2) is 11.6 Å². The van der Waals surface area contributed by atoms with Gasteiger partial charge in [-0.05, 0) is 62.1 Å². The van der Waals surface area contributed by atoms with E-state index in [2.05, 4.69) is 13.8 Å². The number of nitrogens with zero attached hydrogens (tertiary/aromatic N) is 5. The fourth-order valence-electron chi connectivity index (χ4n) is 6.46. The molecule has 0 aliphatic heterocycles. The molecule has 0 saturated carbocycles. The van der Waals surface area contributed by atoms with E-state index in [4.69, 9.17) is 15.0 Å². The maximum Gasteiger partial charge on any atom is 0.328 e. The van der Waals surface area contributed by atoms with Crippen LogP contribution in [0.5, 0.6) is 0 Å². The molecule has 0 spiro atoms. The number of hydrogen-bond acceptors (Lipinski definition) is 5. The van der Waals surface area contributed by atoms with Crippen LogP contribution < -0.4 is 0 Å². The minimum Gasteiger partial charge on any atom is -0.324 e. The molecule has 3 heterocycles. The molecule has 2 atom stereocenters. The summed E-state index contributed by atoms with van der Waals surface area (Å²) in [5, 5.41) is 0. The predicted molar refractivity (Wildman–Crippen MR) is 191 cm³/mol.